The molecule has 4 heterocycles. The molecule has 6 aromatic carbocycles. The van der Waals surface area contributed by atoms with Gasteiger partial charge in [0, 0.05) is 64.1 Å². The molecular formula is C45H36O18. The molecule has 63 heavy (non-hydrogen) atoms. The van der Waals surface area contributed by atoms with E-state index < -0.39 is 111 Å². The molecule has 324 valence electrons. The van der Waals surface area contributed by atoms with Crippen molar-refractivity contribution in [1.29, 1.82) is 0 Å². The summed E-state index contributed by atoms with van der Waals surface area (Å²) in [6, 6.07) is 14.8. The number of aliphatic hydroxyl groups is 3. The lowest BCUT2D eigenvalue weighted by Crippen LogP contribution is -2.57. The highest BCUT2D eigenvalue weighted by molar-refractivity contribution is 5.72. The lowest BCUT2D eigenvalue weighted by atomic mass is 9.71. The summed E-state index contributed by atoms with van der Waals surface area (Å²) in [5.74, 6) is -12.6. The van der Waals surface area contributed by atoms with E-state index in [0.29, 0.717) is 0 Å². The molecule has 0 aliphatic carbocycles. The summed E-state index contributed by atoms with van der Waals surface area (Å²) < 4.78 is 25.6. The molecule has 0 saturated heterocycles. The van der Waals surface area contributed by atoms with Crippen molar-refractivity contribution in [2.75, 3.05) is 0 Å². The van der Waals surface area contributed by atoms with Crippen LogP contribution in [0.5, 0.6) is 86.2 Å². The third kappa shape index (κ3) is 5.68. The molecule has 2 bridgehead atoms. The zero-order valence-corrected chi connectivity index (χ0v) is 32.1. The van der Waals surface area contributed by atoms with Gasteiger partial charge in [-0.3, -0.25) is 0 Å². The summed E-state index contributed by atoms with van der Waals surface area (Å²) in [6.07, 6.45) is -8.29. The Morgan fingerprint density at radius 3 is 1.62 bits per heavy atom. The monoisotopic (exact) mass is 864 g/mol. The Bertz CT molecular complexity index is 2910. The number of aliphatic hydroxyl groups excluding tert-OH is 3. The van der Waals surface area contributed by atoms with E-state index in [1.165, 1.54) is 18.2 Å². The molecule has 18 heteroatoms. The number of fused-ring (bicyclic) bond motifs is 9. The van der Waals surface area contributed by atoms with Gasteiger partial charge in [-0.1, -0.05) is 12.1 Å². The van der Waals surface area contributed by atoms with Crippen molar-refractivity contribution in [3.05, 3.63) is 123 Å². The topological polar surface area (TPSA) is 320 Å². The molecule has 14 N–H and O–H groups in total. The van der Waals surface area contributed by atoms with Crippen LogP contribution in [0.25, 0.3) is 0 Å². The molecule has 0 saturated carbocycles. The first kappa shape index (κ1) is 39.3. The van der Waals surface area contributed by atoms with Crippen molar-refractivity contribution < 1.29 is 90.4 Å². The number of benzene rings is 6. The number of rotatable bonds is 4. The molecule has 4 aliphatic rings. The second-order valence-electron chi connectivity index (χ2n) is 15.9. The maximum atomic E-state index is 12.5. The van der Waals surface area contributed by atoms with Crippen molar-refractivity contribution >= 4 is 0 Å². The second kappa shape index (κ2) is 13.6. The van der Waals surface area contributed by atoms with Crippen molar-refractivity contribution in [2.24, 2.45) is 0 Å². The van der Waals surface area contributed by atoms with Crippen molar-refractivity contribution in [3.63, 3.8) is 0 Å². The highest BCUT2D eigenvalue weighted by Gasteiger charge is 2.61. The molecule has 0 unspecified atom stereocenters. The minimum atomic E-state index is -2.31. The number of aromatic hydroxyl groups is 11. The Labute approximate surface area is 354 Å². The SMILES string of the molecule is Oc1cc(O)c2c(c1)O[C@@]1(c3ccc(O)c(O)c3)Oc3cc(O)c4c(c3[C@@H]2[C@H]1O)O[C@H](c1ccc(O)c(O)c1)[C@H](O)[C@@H]4c1c(O)cc(O)c2c1O[C@H](c1ccc(O)c(O)c1)[C@@H](O)C2. The molecular weight excluding hydrogens is 828 g/mol. The fraction of sp³-hybridized carbons (Fsp3) is 0.200. The largest absolute Gasteiger partial charge is 0.508 e. The third-order valence-corrected chi connectivity index (χ3v) is 12.2. The Kier molecular flexibility index (Phi) is 8.49. The van der Waals surface area contributed by atoms with Gasteiger partial charge in [0.25, 0.3) is 0 Å². The molecule has 0 aromatic heterocycles. The van der Waals surface area contributed by atoms with E-state index in [-0.39, 0.29) is 73.9 Å². The van der Waals surface area contributed by atoms with E-state index in [9.17, 15) is 71.5 Å². The number of phenolic OH excluding ortho intramolecular Hbond substituents is 11. The van der Waals surface area contributed by atoms with E-state index in [2.05, 4.69) is 0 Å². The lowest BCUT2D eigenvalue weighted by molar-refractivity contribution is -0.219. The first-order valence-electron chi connectivity index (χ1n) is 19.3. The maximum Gasteiger partial charge on any atom is 0.305 e. The van der Waals surface area contributed by atoms with Crippen LogP contribution in [-0.2, 0) is 12.2 Å². The molecule has 18 nitrogen and oxygen atoms in total. The molecule has 6 aromatic rings. The van der Waals surface area contributed by atoms with Crippen molar-refractivity contribution in [1.82, 2.24) is 0 Å². The molecule has 0 fully saturated rings. The number of ether oxygens (including phenoxy) is 4. The fourth-order valence-corrected chi connectivity index (χ4v) is 9.32. The predicted octanol–water partition coefficient (Wildman–Crippen LogP) is 4.24. The molecule has 0 amide bonds. The average molecular weight is 865 g/mol. The van der Waals surface area contributed by atoms with Crippen LogP contribution in [0.4, 0.5) is 0 Å². The first-order chi connectivity index (χ1) is 30.0. The number of hydrogen-bond donors (Lipinski definition) is 14. The van der Waals surface area contributed by atoms with Crippen LogP contribution >= 0.6 is 0 Å². The van der Waals surface area contributed by atoms with Gasteiger partial charge in [0.1, 0.15) is 70.1 Å². The van der Waals surface area contributed by atoms with Crippen LogP contribution < -0.4 is 18.9 Å². The minimum Gasteiger partial charge on any atom is -0.508 e. The summed E-state index contributed by atoms with van der Waals surface area (Å²) >= 11 is 0. The van der Waals surface area contributed by atoms with Gasteiger partial charge < -0.3 is 90.4 Å². The van der Waals surface area contributed by atoms with Crippen molar-refractivity contribution in [3.8, 4) is 86.2 Å². The van der Waals surface area contributed by atoms with Crippen LogP contribution in [0.15, 0.2) is 78.9 Å². The van der Waals surface area contributed by atoms with E-state index in [0.717, 1.165) is 60.7 Å². The normalized spacial score (nSPS) is 25.2. The molecule has 0 radical (unpaired) electrons. The zero-order chi connectivity index (χ0) is 44.5. The highest BCUT2D eigenvalue weighted by Crippen LogP contribution is 2.65. The lowest BCUT2D eigenvalue weighted by Gasteiger charge is -2.51. The highest BCUT2D eigenvalue weighted by atomic mass is 16.7. The van der Waals surface area contributed by atoms with Crippen molar-refractivity contribution in [2.45, 2.75) is 54.6 Å². The Hall–Kier alpha value is -7.80. The summed E-state index contributed by atoms with van der Waals surface area (Å²) in [6.45, 7) is 0. The van der Waals surface area contributed by atoms with Gasteiger partial charge in [-0.15, -0.1) is 0 Å². The van der Waals surface area contributed by atoms with E-state index in [4.69, 9.17) is 18.9 Å². The van der Waals surface area contributed by atoms with Gasteiger partial charge in [0.05, 0.1) is 17.9 Å². The molecule has 0 spiro atoms. The van der Waals surface area contributed by atoms with Crippen LogP contribution in [0, 0.1) is 0 Å². The predicted molar refractivity (Wildman–Crippen MR) is 212 cm³/mol. The maximum absolute atomic E-state index is 12.5. The van der Waals surface area contributed by atoms with Gasteiger partial charge in [0.2, 0.25) is 0 Å². The van der Waals surface area contributed by atoms with Crippen LogP contribution in [0.2, 0.25) is 0 Å². The van der Waals surface area contributed by atoms with E-state index in [1.54, 1.807) is 0 Å². The standard InChI is InChI=1S/C45H36O18/c46-18-10-27(54)33-31(11-18)62-45(17-3-6-22(49)26(53)9-17)44(59)38(33)36-32(63-45)14-29(56)35-37(39(58)41(61-43(35)36)16-2-5-21(48)25(52)8-16)34-28(55)13-23(50)19-12-30(57)40(60-42(19)34)15-1-4-20(47)24(51)7-15/h1-11,13-14,30,37-41,44,46-59H,12H2/t30-,37+,38+,39+,40+,41+,44+,45-/m0/s1. The summed E-state index contributed by atoms with van der Waals surface area (Å²) in [5.41, 5.74) is -0.583. The Morgan fingerprint density at radius 2 is 0.984 bits per heavy atom. The average Bonchev–Trinajstić information content (AvgIpc) is 3.22. The smallest absolute Gasteiger partial charge is 0.305 e. The zero-order valence-electron chi connectivity index (χ0n) is 32.1. The third-order valence-electron chi connectivity index (χ3n) is 12.2. The number of phenols is 11. The summed E-state index contributed by atoms with van der Waals surface area (Å²) in [4.78, 5) is 0. The Morgan fingerprint density at radius 1 is 0.444 bits per heavy atom. The molecule has 8 atom stereocenters. The number of hydrogen-bond acceptors (Lipinski definition) is 18. The fourth-order valence-electron chi connectivity index (χ4n) is 9.32. The van der Waals surface area contributed by atoms with Crippen LogP contribution in [0.1, 0.15) is 68.6 Å². The van der Waals surface area contributed by atoms with Crippen LogP contribution in [-0.4, -0.2) is 89.8 Å². The molecule has 10 rings (SSSR count). The first-order valence-corrected chi connectivity index (χ1v) is 19.3. The minimum absolute atomic E-state index is 0.0325. The quantitative estimate of drug-likeness (QED) is 0.110. The van der Waals surface area contributed by atoms with Gasteiger partial charge in [0.15, 0.2) is 40.6 Å². The van der Waals surface area contributed by atoms with E-state index in [1.807, 2.05) is 0 Å². The van der Waals surface area contributed by atoms with Gasteiger partial charge >= 0.3 is 5.79 Å². The van der Waals surface area contributed by atoms with Gasteiger partial charge in [-0.25, -0.2) is 0 Å². The van der Waals surface area contributed by atoms with E-state index >= 15 is 0 Å². The summed E-state index contributed by atoms with van der Waals surface area (Å²) in [7, 11) is 0. The van der Waals surface area contributed by atoms with Gasteiger partial charge in [-0.05, 0) is 53.6 Å². The second-order valence-corrected chi connectivity index (χ2v) is 15.9. The van der Waals surface area contributed by atoms with Gasteiger partial charge in [-0.2, -0.15) is 0 Å². The summed E-state index contributed by atoms with van der Waals surface area (Å²) in [5, 5.41) is 155. The Balaban J connectivity index is 1.25. The van der Waals surface area contributed by atoms with Crippen LogP contribution in [0.3, 0.4) is 0 Å². The molecule has 4 aliphatic heterocycles.